The van der Waals surface area contributed by atoms with E-state index in [1.807, 2.05) is 58.0 Å². The smallest absolute Gasteiger partial charge is 0.305 e. The Morgan fingerprint density at radius 2 is 1.64 bits per heavy atom. The first-order valence-corrected chi connectivity index (χ1v) is 12.3. The molecular formula is C27H33N3O5S. The first-order chi connectivity index (χ1) is 17.4. The second kappa shape index (κ2) is 13.4. The molecule has 1 aromatic heterocycles. The summed E-state index contributed by atoms with van der Waals surface area (Å²) in [4.78, 5) is 12.4. The van der Waals surface area contributed by atoms with Crippen molar-refractivity contribution in [2.45, 2.75) is 40.7 Å². The summed E-state index contributed by atoms with van der Waals surface area (Å²) in [5.74, 6) is 2.49. The molecule has 0 atom stereocenters. The summed E-state index contributed by atoms with van der Waals surface area (Å²) in [7, 11) is 0. The lowest BCUT2D eigenvalue weighted by Crippen LogP contribution is -2.47. The zero-order chi connectivity index (χ0) is 25.9. The van der Waals surface area contributed by atoms with Crippen LogP contribution in [0.3, 0.4) is 0 Å². The molecule has 2 aromatic carbocycles. The average Bonchev–Trinajstić information content (AvgIpc) is 3.33. The number of amides is 1. The van der Waals surface area contributed by atoms with Crippen molar-refractivity contribution in [1.29, 1.82) is 0 Å². The van der Waals surface area contributed by atoms with Gasteiger partial charge >= 0.3 is 5.91 Å². The van der Waals surface area contributed by atoms with Gasteiger partial charge in [-0.1, -0.05) is 23.8 Å². The topological polar surface area (TPSA) is 94.0 Å². The molecule has 0 saturated heterocycles. The molecular weight excluding hydrogens is 478 g/mol. The molecule has 36 heavy (non-hydrogen) atoms. The molecule has 9 heteroatoms. The maximum atomic E-state index is 12.4. The van der Waals surface area contributed by atoms with Crippen LogP contribution in [0.25, 0.3) is 0 Å². The largest absolute Gasteiger partial charge is 0.490 e. The highest BCUT2D eigenvalue weighted by molar-refractivity contribution is 7.80. The van der Waals surface area contributed by atoms with E-state index in [0.717, 1.165) is 28.4 Å². The van der Waals surface area contributed by atoms with E-state index in [2.05, 4.69) is 22.2 Å². The summed E-state index contributed by atoms with van der Waals surface area (Å²) in [5.41, 5.74) is 8.51. The molecule has 1 heterocycles. The number of hydrazine groups is 1. The molecule has 3 aromatic rings. The van der Waals surface area contributed by atoms with Crippen molar-refractivity contribution in [3.05, 3.63) is 76.7 Å². The number of ether oxygens (including phenoxy) is 3. The number of aryl methyl sites for hydroxylation is 2. The van der Waals surface area contributed by atoms with E-state index in [9.17, 15) is 4.79 Å². The first kappa shape index (κ1) is 26.9. The van der Waals surface area contributed by atoms with Crippen molar-refractivity contribution >= 4 is 23.2 Å². The van der Waals surface area contributed by atoms with Crippen LogP contribution in [0.4, 0.5) is 0 Å². The molecule has 0 aliphatic heterocycles. The Morgan fingerprint density at radius 3 is 2.39 bits per heavy atom. The van der Waals surface area contributed by atoms with E-state index in [1.54, 1.807) is 12.1 Å². The molecule has 0 bridgehead atoms. The van der Waals surface area contributed by atoms with Gasteiger partial charge in [-0.3, -0.25) is 15.6 Å². The third-order valence-electron chi connectivity index (χ3n) is 5.18. The summed E-state index contributed by atoms with van der Waals surface area (Å²) in [5, 5.41) is 3.36. The number of carbonyl (C=O) groups is 1. The Labute approximate surface area is 217 Å². The van der Waals surface area contributed by atoms with Gasteiger partial charge in [0.1, 0.15) is 18.1 Å². The molecule has 0 aliphatic carbocycles. The SMILES string of the molecule is CCOc1ccc(CCNC(=S)NNC(=O)c2ccc(COc3ccc(C)cc3C)o2)cc1OCC. The molecule has 0 spiro atoms. The standard InChI is InChI=1S/C27H33N3O5S/c1-5-32-23-11-8-20(16-25(23)33-6-2)13-14-28-27(36)30-29-26(31)24-12-9-21(35-24)17-34-22-10-7-18(3)15-19(22)4/h7-12,15-16H,5-6,13-14,17H2,1-4H3,(H,29,31)(H2,28,30,36). The fourth-order valence-electron chi connectivity index (χ4n) is 3.48. The molecule has 1 amide bonds. The molecule has 0 unspecified atom stereocenters. The van der Waals surface area contributed by atoms with Crippen molar-refractivity contribution in [3.8, 4) is 17.2 Å². The Kier molecular flexibility index (Phi) is 10.00. The predicted molar refractivity (Wildman–Crippen MR) is 143 cm³/mol. The number of furan rings is 1. The van der Waals surface area contributed by atoms with Gasteiger partial charge in [0.15, 0.2) is 22.4 Å². The summed E-state index contributed by atoms with van der Waals surface area (Å²) in [6, 6.07) is 15.1. The van der Waals surface area contributed by atoms with Crippen LogP contribution in [0, 0.1) is 13.8 Å². The van der Waals surface area contributed by atoms with Crippen molar-refractivity contribution in [3.63, 3.8) is 0 Å². The summed E-state index contributed by atoms with van der Waals surface area (Å²) < 4.78 is 22.7. The van der Waals surface area contributed by atoms with Crippen molar-refractivity contribution in [1.82, 2.24) is 16.2 Å². The number of rotatable bonds is 11. The van der Waals surface area contributed by atoms with E-state index < -0.39 is 5.91 Å². The highest BCUT2D eigenvalue weighted by Crippen LogP contribution is 2.28. The van der Waals surface area contributed by atoms with Crippen LogP contribution >= 0.6 is 12.2 Å². The fourth-order valence-corrected chi connectivity index (χ4v) is 3.63. The van der Waals surface area contributed by atoms with Gasteiger partial charge in [0.05, 0.1) is 13.2 Å². The van der Waals surface area contributed by atoms with E-state index in [1.165, 1.54) is 5.56 Å². The Bertz CT molecular complexity index is 1180. The van der Waals surface area contributed by atoms with E-state index >= 15 is 0 Å². The van der Waals surface area contributed by atoms with Crippen LogP contribution in [0.5, 0.6) is 17.2 Å². The van der Waals surface area contributed by atoms with Crippen LogP contribution in [-0.4, -0.2) is 30.8 Å². The molecule has 0 saturated carbocycles. The van der Waals surface area contributed by atoms with E-state index in [0.29, 0.717) is 37.1 Å². The van der Waals surface area contributed by atoms with Gasteiger partial charge in [0.2, 0.25) is 0 Å². The summed E-state index contributed by atoms with van der Waals surface area (Å²) in [6.07, 6.45) is 0.713. The lowest BCUT2D eigenvalue weighted by molar-refractivity contribution is 0.0911. The van der Waals surface area contributed by atoms with Crippen molar-refractivity contribution in [2.75, 3.05) is 19.8 Å². The maximum Gasteiger partial charge on any atom is 0.305 e. The van der Waals surface area contributed by atoms with Crippen LogP contribution in [0.1, 0.15) is 46.9 Å². The lowest BCUT2D eigenvalue weighted by Gasteiger charge is -2.13. The van der Waals surface area contributed by atoms with Gasteiger partial charge in [0.25, 0.3) is 0 Å². The Balaban J connectivity index is 1.41. The van der Waals surface area contributed by atoms with Crippen LogP contribution in [0.2, 0.25) is 0 Å². The Morgan fingerprint density at radius 1 is 0.889 bits per heavy atom. The first-order valence-electron chi connectivity index (χ1n) is 11.9. The van der Waals surface area contributed by atoms with Crippen LogP contribution in [0.15, 0.2) is 52.9 Å². The molecule has 3 N–H and O–H groups in total. The third kappa shape index (κ3) is 7.91. The predicted octanol–water partition coefficient (Wildman–Crippen LogP) is 4.62. The lowest BCUT2D eigenvalue weighted by atomic mass is 10.1. The summed E-state index contributed by atoms with van der Waals surface area (Å²) >= 11 is 5.25. The zero-order valence-corrected chi connectivity index (χ0v) is 21.9. The fraction of sp³-hybridized carbons (Fsp3) is 0.333. The molecule has 0 fully saturated rings. The molecule has 8 nitrogen and oxygen atoms in total. The van der Waals surface area contributed by atoms with Crippen molar-refractivity contribution in [2.24, 2.45) is 0 Å². The minimum atomic E-state index is -0.440. The highest BCUT2D eigenvalue weighted by atomic mass is 32.1. The maximum absolute atomic E-state index is 12.4. The normalized spacial score (nSPS) is 10.4. The number of nitrogens with one attached hydrogen (secondary N) is 3. The third-order valence-corrected chi connectivity index (χ3v) is 5.43. The number of carbonyl (C=O) groups excluding carboxylic acids is 1. The molecule has 192 valence electrons. The second-order valence-corrected chi connectivity index (χ2v) is 8.46. The van der Waals surface area contributed by atoms with Crippen LogP contribution < -0.4 is 30.4 Å². The highest BCUT2D eigenvalue weighted by Gasteiger charge is 2.12. The van der Waals surface area contributed by atoms with E-state index in [-0.39, 0.29) is 12.4 Å². The number of hydrogen-bond donors (Lipinski definition) is 3. The van der Waals surface area contributed by atoms with Gasteiger partial charge in [-0.05, 0) is 87.8 Å². The summed E-state index contributed by atoms with van der Waals surface area (Å²) in [6.45, 7) is 9.83. The van der Waals surface area contributed by atoms with Gasteiger partial charge in [-0.25, -0.2) is 0 Å². The molecule has 0 radical (unpaired) electrons. The monoisotopic (exact) mass is 511 g/mol. The quantitative estimate of drug-likeness (QED) is 0.254. The number of hydrogen-bond acceptors (Lipinski definition) is 6. The van der Waals surface area contributed by atoms with Gasteiger partial charge in [0, 0.05) is 6.54 Å². The minimum Gasteiger partial charge on any atom is -0.490 e. The van der Waals surface area contributed by atoms with Crippen LogP contribution in [-0.2, 0) is 13.0 Å². The molecule has 3 rings (SSSR count). The Hall–Kier alpha value is -3.72. The average molecular weight is 512 g/mol. The number of benzene rings is 2. The van der Waals surface area contributed by atoms with Gasteiger partial charge in [-0.2, -0.15) is 0 Å². The van der Waals surface area contributed by atoms with Crippen molar-refractivity contribution < 1.29 is 23.4 Å². The van der Waals surface area contributed by atoms with Gasteiger partial charge in [-0.15, -0.1) is 0 Å². The second-order valence-electron chi connectivity index (χ2n) is 8.06. The van der Waals surface area contributed by atoms with Gasteiger partial charge < -0.3 is 23.9 Å². The molecule has 0 aliphatic rings. The number of thiocarbonyl (C=S) groups is 1. The zero-order valence-electron chi connectivity index (χ0n) is 21.1. The minimum absolute atomic E-state index is 0.155. The van der Waals surface area contributed by atoms with E-state index in [4.69, 9.17) is 30.8 Å².